The molecule has 1 heterocycles. The molecule has 20 heavy (non-hydrogen) atoms. The predicted octanol–water partition coefficient (Wildman–Crippen LogP) is 0.200. The highest BCUT2D eigenvalue weighted by Gasteiger charge is 2.53. The van der Waals surface area contributed by atoms with Crippen molar-refractivity contribution in [3.63, 3.8) is 0 Å². The maximum atomic E-state index is 12.5. The Balaban J connectivity index is 1.63. The van der Waals surface area contributed by atoms with Crippen LogP contribution in [0.15, 0.2) is 0 Å². The van der Waals surface area contributed by atoms with Crippen LogP contribution < -0.4 is 10.5 Å². The lowest BCUT2D eigenvalue weighted by atomic mass is 9.73. The van der Waals surface area contributed by atoms with E-state index in [4.69, 9.17) is 10.5 Å². The van der Waals surface area contributed by atoms with E-state index < -0.39 is 10.2 Å². The van der Waals surface area contributed by atoms with E-state index in [1.54, 1.807) is 7.05 Å². The summed E-state index contributed by atoms with van der Waals surface area (Å²) in [5, 5.41) is 0. The second-order valence-electron chi connectivity index (χ2n) is 6.32. The van der Waals surface area contributed by atoms with Crippen LogP contribution in [-0.4, -0.2) is 50.6 Å². The van der Waals surface area contributed by atoms with Gasteiger partial charge in [0.2, 0.25) is 0 Å². The molecule has 0 aromatic heterocycles. The summed E-state index contributed by atoms with van der Waals surface area (Å²) in [4.78, 5) is 0. The molecule has 0 amide bonds. The fraction of sp³-hybridized carbons (Fsp3) is 1.00. The molecule has 3 N–H and O–H groups in total. The molecule has 2 aliphatic carbocycles. The molecule has 1 aliphatic heterocycles. The highest BCUT2D eigenvalue weighted by molar-refractivity contribution is 7.87. The maximum absolute atomic E-state index is 12.5. The molecule has 4 unspecified atom stereocenters. The van der Waals surface area contributed by atoms with E-state index in [1.165, 1.54) is 10.7 Å². The summed E-state index contributed by atoms with van der Waals surface area (Å²) >= 11 is 0. The average Bonchev–Trinajstić information content (AvgIpc) is 2.90. The van der Waals surface area contributed by atoms with Gasteiger partial charge in [-0.1, -0.05) is 19.3 Å². The molecule has 0 radical (unpaired) electrons. The van der Waals surface area contributed by atoms with Gasteiger partial charge in [0, 0.05) is 31.7 Å². The third kappa shape index (κ3) is 2.50. The zero-order valence-corrected chi connectivity index (χ0v) is 12.8. The van der Waals surface area contributed by atoms with Crippen LogP contribution >= 0.6 is 0 Å². The van der Waals surface area contributed by atoms with Crippen LogP contribution in [0.5, 0.6) is 0 Å². The van der Waals surface area contributed by atoms with Gasteiger partial charge in [0.25, 0.3) is 10.2 Å². The van der Waals surface area contributed by atoms with Gasteiger partial charge in [-0.2, -0.15) is 17.4 Å². The zero-order chi connectivity index (χ0) is 14.3. The fourth-order valence-corrected chi connectivity index (χ4v) is 5.20. The smallest absolute Gasteiger partial charge is 0.279 e. The van der Waals surface area contributed by atoms with Crippen molar-refractivity contribution in [3.05, 3.63) is 0 Å². The van der Waals surface area contributed by atoms with Crippen LogP contribution in [0.2, 0.25) is 0 Å². The van der Waals surface area contributed by atoms with Gasteiger partial charge >= 0.3 is 0 Å². The van der Waals surface area contributed by atoms with Gasteiger partial charge in [-0.15, -0.1) is 0 Å². The Morgan fingerprint density at radius 3 is 2.60 bits per heavy atom. The van der Waals surface area contributed by atoms with E-state index in [9.17, 15) is 8.42 Å². The first kappa shape index (κ1) is 14.7. The van der Waals surface area contributed by atoms with Crippen LogP contribution in [0.3, 0.4) is 0 Å². The molecule has 2 saturated carbocycles. The second-order valence-corrected chi connectivity index (χ2v) is 8.08. The zero-order valence-electron chi connectivity index (χ0n) is 12.0. The molecule has 3 aliphatic rings. The molecular weight excluding hydrogens is 278 g/mol. The van der Waals surface area contributed by atoms with Gasteiger partial charge in [-0.25, -0.2) is 0 Å². The number of nitrogens with two attached hydrogens (primary N) is 1. The van der Waals surface area contributed by atoms with Crippen LogP contribution in [-0.2, 0) is 14.9 Å². The van der Waals surface area contributed by atoms with Gasteiger partial charge < -0.3 is 10.5 Å². The topological polar surface area (TPSA) is 84.7 Å². The Labute approximate surface area is 121 Å². The van der Waals surface area contributed by atoms with E-state index in [0.29, 0.717) is 12.5 Å². The third-order valence-electron chi connectivity index (χ3n) is 5.20. The quantitative estimate of drug-likeness (QED) is 0.777. The number of nitrogens with zero attached hydrogens (tertiary/aromatic N) is 1. The molecule has 0 aromatic carbocycles. The number of hydrogen-bond donors (Lipinski definition) is 2. The Morgan fingerprint density at radius 1 is 1.20 bits per heavy atom. The van der Waals surface area contributed by atoms with Gasteiger partial charge in [0.1, 0.15) is 0 Å². The molecule has 0 spiro atoms. The summed E-state index contributed by atoms with van der Waals surface area (Å²) in [5.41, 5.74) is 6.07. The largest absolute Gasteiger partial charge is 0.376 e. The molecule has 3 fully saturated rings. The lowest BCUT2D eigenvalue weighted by Crippen LogP contribution is -2.70. The van der Waals surface area contributed by atoms with E-state index >= 15 is 0 Å². The Kier molecular flexibility index (Phi) is 4.07. The van der Waals surface area contributed by atoms with Gasteiger partial charge in [0.05, 0.1) is 12.1 Å². The molecule has 0 bridgehead atoms. The van der Waals surface area contributed by atoms with E-state index in [-0.39, 0.29) is 24.2 Å². The van der Waals surface area contributed by atoms with Crippen molar-refractivity contribution in [1.82, 2.24) is 9.03 Å². The fourth-order valence-electron chi connectivity index (χ4n) is 3.79. The van der Waals surface area contributed by atoms with Crippen molar-refractivity contribution in [2.45, 2.75) is 62.8 Å². The minimum atomic E-state index is -3.47. The van der Waals surface area contributed by atoms with Crippen LogP contribution in [0, 0.1) is 5.92 Å². The van der Waals surface area contributed by atoms with E-state index in [0.717, 1.165) is 32.1 Å². The molecule has 3 rings (SSSR count). The normalized spacial score (nSPS) is 38.8. The first-order chi connectivity index (χ1) is 9.50. The van der Waals surface area contributed by atoms with Gasteiger partial charge in [0.15, 0.2) is 0 Å². The Bertz CT molecular complexity index is 450. The summed E-state index contributed by atoms with van der Waals surface area (Å²) < 4.78 is 34.8. The highest BCUT2D eigenvalue weighted by atomic mass is 32.2. The van der Waals surface area contributed by atoms with Crippen molar-refractivity contribution in [3.8, 4) is 0 Å². The summed E-state index contributed by atoms with van der Waals surface area (Å²) in [6.45, 7) is 0.694. The summed E-state index contributed by atoms with van der Waals surface area (Å²) in [5.74, 6) is 0.322. The molecule has 6 nitrogen and oxygen atoms in total. The molecule has 0 aromatic rings. The van der Waals surface area contributed by atoms with Crippen LogP contribution in [0.25, 0.3) is 0 Å². The lowest BCUT2D eigenvalue weighted by Gasteiger charge is -2.46. The number of rotatable bonds is 4. The summed E-state index contributed by atoms with van der Waals surface area (Å²) in [6, 6.07) is -0.256. The maximum Gasteiger partial charge on any atom is 0.279 e. The molecule has 4 atom stereocenters. The Morgan fingerprint density at radius 2 is 1.90 bits per heavy atom. The van der Waals surface area contributed by atoms with Crippen molar-refractivity contribution >= 4 is 10.2 Å². The molecular formula is C13H25N3O3S. The van der Waals surface area contributed by atoms with Gasteiger partial charge in [-0.3, -0.25) is 0 Å². The monoisotopic (exact) mass is 303 g/mol. The average molecular weight is 303 g/mol. The van der Waals surface area contributed by atoms with E-state index in [1.807, 2.05) is 0 Å². The molecule has 116 valence electrons. The highest BCUT2D eigenvalue weighted by Crippen LogP contribution is 2.38. The van der Waals surface area contributed by atoms with Crippen molar-refractivity contribution in [2.75, 3.05) is 13.7 Å². The lowest BCUT2D eigenvalue weighted by molar-refractivity contribution is -0.00992. The number of ether oxygens (including phenoxy) is 1. The van der Waals surface area contributed by atoms with Gasteiger partial charge in [-0.05, 0) is 19.3 Å². The SMILES string of the molecule is CN(C1CCCCC1)S(=O)(=O)NC1C(N)C2CCOC21. The summed E-state index contributed by atoms with van der Waals surface area (Å²) in [6.07, 6.45) is 6.26. The number of hydrogen-bond acceptors (Lipinski definition) is 4. The first-order valence-corrected chi connectivity index (χ1v) is 9.07. The number of nitrogens with one attached hydrogen (secondary N) is 1. The minimum Gasteiger partial charge on any atom is -0.376 e. The second kappa shape index (κ2) is 5.53. The van der Waals surface area contributed by atoms with Crippen LogP contribution in [0.1, 0.15) is 38.5 Å². The van der Waals surface area contributed by atoms with E-state index in [2.05, 4.69) is 4.72 Å². The third-order valence-corrected chi connectivity index (χ3v) is 6.83. The predicted molar refractivity (Wildman–Crippen MR) is 76.3 cm³/mol. The standard InChI is InChI=1S/C13H25N3O3S/c1-16(9-5-3-2-4-6-9)20(17,18)15-12-11(14)10-7-8-19-13(10)12/h9-13,15H,2-8,14H2,1H3. The molecule has 7 heteroatoms. The summed E-state index contributed by atoms with van der Waals surface area (Å²) in [7, 11) is -1.79. The Hall–Kier alpha value is -0.210. The van der Waals surface area contributed by atoms with Crippen molar-refractivity contribution in [2.24, 2.45) is 11.7 Å². The van der Waals surface area contributed by atoms with Crippen molar-refractivity contribution in [1.29, 1.82) is 0 Å². The first-order valence-electron chi connectivity index (χ1n) is 7.63. The molecule has 1 saturated heterocycles. The van der Waals surface area contributed by atoms with Crippen molar-refractivity contribution < 1.29 is 13.2 Å². The van der Waals surface area contributed by atoms with Crippen LogP contribution in [0.4, 0.5) is 0 Å². The minimum absolute atomic E-state index is 0.0282. The number of fused-ring (bicyclic) bond motifs is 1.